The molecule has 3 nitrogen and oxygen atoms in total. The second kappa shape index (κ2) is 4.49. The molecule has 0 saturated heterocycles. The third-order valence-electron chi connectivity index (χ3n) is 3.49. The highest BCUT2D eigenvalue weighted by molar-refractivity contribution is 5.75. The molecule has 0 amide bonds. The standard InChI is InChI=1S/C14H19NO2/c1-14(2,11-8-9-11)15-12(13(16)17)10-6-4-3-5-7-10/h3-7,11-12,15H,8-9H2,1-2H3,(H,16,17). The molecular weight excluding hydrogens is 214 g/mol. The van der Waals surface area contributed by atoms with E-state index in [1.165, 1.54) is 12.8 Å². The Bertz CT molecular complexity index is 396. The van der Waals surface area contributed by atoms with Gasteiger partial charge in [0.25, 0.3) is 0 Å². The predicted molar refractivity (Wildman–Crippen MR) is 66.8 cm³/mol. The van der Waals surface area contributed by atoms with Gasteiger partial charge in [-0.25, -0.2) is 0 Å². The zero-order valence-electron chi connectivity index (χ0n) is 10.3. The number of nitrogens with one attached hydrogen (secondary N) is 1. The molecule has 0 spiro atoms. The second-order valence-electron chi connectivity index (χ2n) is 5.32. The van der Waals surface area contributed by atoms with Crippen molar-refractivity contribution in [3.8, 4) is 0 Å². The van der Waals surface area contributed by atoms with Gasteiger partial charge in [0.05, 0.1) is 0 Å². The first-order valence-electron chi connectivity index (χ1n) is 6.06. The minimum Gasteiger partial charge on any atom is -0.480 e. The molecule has 1 aliphatic carbocycles. The highest BCUT2D eigenvalue weighted by Gasteiger charge is 2.40. The van der Waals surface area contributed by atoms with Crippen molar-refractivity contribution in [1.29, 1.82) is 0 Å². The van der Waals surface area contributed by atoms with Gasteiger partial charge >= 0.3 is 5.97 Å². The van der Waals surface area contributed by atoms with Crippen molar-refractivity contribution < 1.29 is 9.90 Å². The Labute approximate surface area is 102 Å². The molecule has 1 atom stereocenters. The van der Waals surface area contributed by atoms with E-state index in [1.807, 2.05) is 30.3 Å². The molecule has 0 bridgehead atoms. The molecule has 0 radical (unpaired) electrons. The summed E-state index contributed by atoms with van der Waals surface area (Å²) in [7, 11) is 0. The Kier molecular flexibility index (Phi) is 3.20. The highest BCUT2D eigenvalue weighted by Crippen LogP contribution is 2.40. The number of benzene rings is 1. The van der Waals surface area contributed by atoms with Gasteiger partial charge in [-0.3, -0.25) is 10.1 Å². The first-order valence-corrected chi connectivity index (χ1v) is 6.06. The van der Waals surface area contributed by atoms with E-state index in [1.54, 1.807) is 0 Å². The average molecular weight is 233 g/mol. The summed E-state index contributed by atoms with van der Waals surface area (Å²) in [5.74, 6) is -0.210. The van der Waals surface area contributed by atoms with Crippen LogP contribution in [0.25, 0.3) is 0 Å². The van der Waals surface area contributed by atoms with Gasteiger partial charge in [0.1, 0.15) is 6.04 Å². The molecule has 1 aromatic rings. The third-order valence-corrected chi connectivity index (χ3v) is 3.49. The second-order valence-corrected chi connectivity index (χ2v) is 5.32. The zero-order chi connectivity index (χ0) is 12.5. The number of carboxylic acids is 1. The van der Waals surface area contributed by atoms with Crippen LogP contribution in [0.4, 0.5) is 0 Å². The number of rotatable bonds is 5. The van der Waals surface area contributed by atoms with Gasteiger partial charge in [-0.15, -0.1) is 0 Å². The summed E-state index contributed by atoms with van der Waals surface area (Å²) >= 11 is 0. The molecule has 0 aromatic heterocycles. The van der Waals surface area contributed by atoms with E-state index in [2.05, 4.69) is 19.2 Å². The van der Waals surface area contributed by atoms with Crippen LogP contribution in [0.15, 0.2) is 30.3 Å². The smallest absolute Gasteiger partial charge is 0.325 e. The summed E-state index contributed by atoms with van der Waals surface area (Å²) in [4.78, 5) is 11.4. The molecule has 0 aliphatic heterocycles. The monoisotopic (exact) mass is 233 g/mol. The summed E-state index contributed by atoms with van der Waals surface area (Å²) in [6.45, 7) is 4.17. The van der Waals surface area contributed by atoms with Crippen molar-refractivity contribution in [3.63, 3.8) is 0 Å². The Morgan fingerprint density at radius 2 is 1.94 bits per heavy atom. The maximum absolute atomic E-state index is 11.4. The lowest BCUT2D eigenvalue weighted by Gasteiger charge is -2.30. The van der Waals surface area contributed by atoms with E-state index in [-0.39, 0.29) is 5.54 Å². The van der Waals surface area contributed by atoms with Gasteiger partial charge in [-0.1, -0.05) is 30.3 Å². The van der Waals surface area contributed by atoms with Crippen LogP contribution in [0.2, 0.25) is 0 Å². The van der Waals surface area contributed by atoms with Gasteiger partial charge < -0.3 is 5.11 Å². The minimum atomic E-state index is -0.815. The number of hydrogen-bond acceptors (Lipinski definition) is 2. The van der Waals surface area contributed by atoms with Gasteiger partial charge in [0.15, 0.2) is 0 Å². The normalized spacial score (nSPS) is 17.8. The molecule has 1 fully saturated rings. The van der Waals surface area contributed by atoms with Gasteiger partial charge in [0.2, 0.25) is 0 Å². The van der Waals surface area contributed by atoms with E-state index in [0.717, 1.165) is 5.56 Å². The maximum atomic E-state index is 11.4. The molecular formula is C14H19NO2. The fourth-order valence-electron chi connectivity index (χ4n) is 2.23. The average Bonchev–Trinajstić information content (AvgIpc) is 3.11. The van der Waals surface area contributed by atoms with Crippen LogP contribution in [0.5, 0.6) is 0 Å². The first-order chi connectivity index (χ1) is 8.00. The van der Waals surface area contributed by atoms with Crippen molar-refractivity contribution in [1.82, 2.24) is 5.32 Å². The highest BCUT2D eigenvalue weighted by atomic mass is 16.4. The Hall–Kier alpha value is -1.35. The summed E-state index contributed by atoms with van der Waals surface area (Å²) in [5.41, 5.74) is 0.701. The predicted octanol–water partition coefficient (Wildman–Crippen LogP) is 2.59. The summed E-state index contributed by atoms with van der Waals surface area (Å²) in [5, 5.41) is 12.6. The fraction of sp³-hybridized carbons (Fsp3) is 0.500. The van der Waals surface area contributed by atoms with Crippen LogP contribution in [0.3, 0.4) is 0 Å². The first kappa shape index (κ1) is 12.1. The van der Waals surface area contributed by atoms with Gasteiger partial charge in [0, 0.05) is 5.54 Å². The van der Waals surface area contributed by atoms with Crippen LogP contribution in [-0.4, -0.2) is 16.6 Å². The Morgan fingerprint density at radius 3 is 2.41 bits per heavy atom. The van der Waals surface area contributed by atoms with E-state index in [9.17, 15) is 9.90 Å². The Morgan fingerprint density at radius 1 is 1.35 bits per heavy atom. The molecule has 92 valence electrons. The van der Waals surface area contributed by atoms with E-state index in [0.29, 0.717) is 5.92 Å². The number of hydrogen-bond donors (Lipinski definition) is 2. The maximum Gasteiger partial charge on any atom is 0.325 e. The quantitative estimate of drug-likeness (QED) is 0.821. The molecule has 17 heavy (non-hydrogen) atoms. The van der Waals surface area contributed by atoms with Crippen molar-refractivity contribution in [2.45, 2.75) is 38.3 Å². The Balaban J connectivity index is 2.16. The van der Waals surface area contributed by atoms with Crippen LogP contribution < -0.4 is 5.32 Å². The van der Waals surface area contributed by atoms with E-state index in [4.69, 9.17) is 0 Å². The SMILES string of the molecule is CC(C)(NC(C(=O)O)c1ccccc1)C1CC1. The van der Waals surface area contributed by atoms with Crippen LogP contribution >= 0.6 is 0 Å². The summed E-state index contributed by atoms with van der Waals surface area (Å²) in [6.07, 6.45) is 2.39. The lowest BCUT2D eigenvalue weighted by molar-refractivity contribution is -0.140. The minimum absolute atomic E-state index is 0.112. The molecule has 1 aromatic carbocycles. The molecule has 1 unspecified atom stereocenters. The molecule has 2 N–H and O–H groups in total. The summed E-state index contributed by atoms with van der Waals surface area (Å²) < 4.78 is 0. The topological polar surface area (TPSA) is 49.3 Å². The van der Waals surface area contributed by atoms with Crippen molar-refractivity contribution in [2.75, 3.05) is 0 Å². The number of carboxylic acid groups (broad SMARTS) is 1. The molecule has 3 heteroatoms. The van der Waals surface area contributed by atoms with E-state index >= 15 is 0 Å². The molecule has 1 aliphatic rings. The molecule has 1 saturated carbocycles. The van der Waals surface area contributed by atoms with Crippen LogP contribution in [0.1, 0.15) is 38.3 Å². The lowest BCUT2D eigenvalue weighted by Crippen LogP contribution is -2.46. The fourth-order valence-corrected chi connectivity index (χ4v) is 2.23. The van der Waals surface area contributed by atoms with E-state index < -0.39 is 12.0 Å². The molecule has 0 heterocycles. The largest absolute Gasteiger partial charge is 0.480 e. The summed E-state index contributed by atoms with van der Waals surface area (Å²) in [6, 6.07) is 8.73. The van der Waals surface area contributed by atoms with Crippen LogP contribution in [-0.2, 0) is 4.79 Å². The number of aliphatic carboxylic acids is 1. The number of carbonyl (C=O) groups is 1. The third kappa shape index (κ3) is 2.86. The molecule has 2 rings (SSSR count). The van der Waals surface area contributed by atoms with Gasteiger partial charge in [-0.2, -0.15) is 0 Å². The van der Waals surface area contributed by atoms with Crippen molar-refractivity contribution in [2.24, 2.45) is 5.92 Å². The van der Waals surface area contributed by atoms with Gasteiger partial charge in [-0.05, 0) is 38.2 Å². The van der Waals surface area contributed by atoms with Crippen molar-refractivity contribution in [3.05, 3.63) is 35.9 Å². The zero-order valence-corrected chi connectivity index (χ0v) is 10.3. The van der Waals surface area contributed by atoms with Crippen LogP contribution in [0, 0.1) is 5.92 Å². The van der Waals surface area contributed by atoms with Crippen molar-refractivity contribution >= 4 is 5.97 Å². The lowest BCUT2D eigenvalue weighted by atomic mass is 9.95.